The van der Waals surface area contributed by atoms with Crippen molar-refractivity contribution in [1.29, 1.82) is 0 Å². The number of carbonyl (C=O) groups is 2. The predicted molar refractivity (Wildman–Crippen MR) is 104 cm³/mol. The number of nitrogens with one attached hydrogen (secondary N) is 3. The molecule has 0 spiro atoms. The number of methoxy groups -OCH3 is 1. The second-order valence-corrected chi connectivity index (χ2v) is 6.12. The standard InChI is InChI=1S/C18H19Cl2N3O3/c1-26-9-8-21-18(25)12-4-2-5-13(10-12)23-16(24)11-22-15-7-3-6-14(19)17(15)20/h2-7,10,22H,8-9,11H2,1H3,(H,21,25)(H,23,24). The molecule has 3 N–H and O–H groups in total. The molecule has 2 aromatic rings. The lowest BCUT2D eigenvalue weighted by molar-refractivity contribution is -0.114. The number of rotatable bonds is 8. The van der Waals surface area contributed by atoms with Crippen molar-refractivity contribution in [2.45, 2.75) is 0 Å². The van der Waals surface area contributed by atoms with Gasteiger partial charge in [-0.25, -0.2) is 0 Å². The third-order valence-electron chi connectivity index (χ3n) is 3.39. The summed E-state index contributed by atoms with van der Waals surface area (Å²) < 4.78 is 4.89. The van der Waals surface area contributed by atoms with Gasteiger partial charge in [-0.2, -0.15) is 0 Å². The Kier molecular flexibility index (Phi) is 7.72. The van der Waals surface area contributed by atoms with Crippen LogP contribution in [0.15, 0.2) is 42.5 Å². The molecule has 0 bridgehead atoms. The fraction of sp³-hybridized carbons (Fsp3) is 0.222. The molecule has 0 aliphatic carbocycles. The van der Waals surface area contributed by atoms with Crippen LogP contribution in [0.5, 0.6) is 0 Å². The van der Waals surface area contributed by atoms with Crippen LogP contribution in [-0.4, -0.2) is 38.6 Å². The minimum absolute atomic E-state index is 0.00429. The lowest BCUT2D eigenvalue weighted by atomic mass is 10.2. The molecule has 0 heterocycles. The topological polar surface area (TPSA) is 79.5 Å². The molecular formula is C18H19Cl2N3O3. The Morgan fingerprint density at radius 1 is 1.12 bits per heavy atom. The molecule has 0 fully saturated rings. The number of halogens is 2. The van der Waals surface area contributed by atoms with Crippen molar-refractivity contribution in [3.63, 3.8) is 0 Å². The molecule has 26 heavy (non-hydrogen) atoms. The first-order valence-electron chi connectivity index (χ1n) is 7.86. The van der Waals surface area contributed by atoms with Gasteiger partial charge in [0.2, 0.25) is 5.91 Å². The van der Waals surface area contributed by atoms with E-state index in [-0.39, 0.29) is 18.4 Å². The zero-order valence-corrected chi connectivity index (χ0v) is 15.7. The van der Waals surface area contributed by atoms with Crippen LogP contribution < -0.4 is 16.0 Å². The van der Waals surface area contributed by atoms with Crippen LogP contribution in [0.4, 0.5) is 11.4 Å². The van der Waals surface area contributed by atoms with E-state index < -0.39 is 0 Å². The maximum Gasteiger partial charge on any atom is 0.251 e. The highest BCUT2D eigenvalue weighted by molar-refractivity contribution is 6.43. The number of benzene rings is 2. The molecule has 0 radical (unpaired) electrons. The normalized spacial score (nSPS) is 10.3. The van der Waals surface area contributed by atoms with Gasteiger partial charge in [-0.05, 0) is 30.3 Å². The van der Waals surface area contributed by atoms with Gasteiger partial charge in [0.1, 0.15) is 0 Å². The number of anilines is 2. The third kappa shape index (κ3) is 5.91. The Balaban J connectivity index is 1.91. The number of carbonyl (C=O) groups excluding carboxylic acids is 2. The summed E-state index contributed by atoms with van der Waals surface area (Å²) in [6, 6.07) is 11.8. The van der Waals surface area contributed by atoms with E-state index >= 15 is 0 Å². The Bertz CT molecular complexity index is 784. The molecule has 0 aliphatic heterocycles. The lowest BCUT2D eigenvalue weighted by Gasteiger charge is -2.11. The summed E-state index contributed by atoms with van der Waals surface area (Å²) in [5, 5.41) is 9.14. The monoisotopic (exact) mass is 395 g/mol. The predicted octanol–water partition coefficient (Wildman–Crippen LogP) is 3.42. The Morgan fingerprint density at radius 3 is 2.65 bits per heavy atom. The summed E-state index contributed by atoms with van der Waals surface area (Å²) in [7, 11) is 1.56. The fourth-order valence-corrected chi connectivity index (χ4v) is 2.50. The van der Waals surface area contributed by atoms with Gasteiger partial charge in [-0.1, -0.05) is 35.3 Å². The summed E-state index contributed by atoms with van der Waals surface area (Å²) in [6.45, 7) is 0.848. The molecule has 0 saturated carbocycles. The van der Waals surface area contributed by atoms with Gasteiger partial charge in [-0.15, -0.1) is 0 Å². The highest BCUT2D eigenvalue weighted by Gasteiger charge is 2.09. The smallest absolute Gasteiger partial charge is 0.251 e. The maximum atomic E-state index is 12.1. The highest BCUT2D eigenvalue weighted by Crippen LogP contribution is 2.29. The molecule has 2 rings (SSSR count). The van der Waals surface area contributed by atoms with E-state index in [1.165, 1.54) is 0 Å². The van der Waals surface area contributed by atoms with Gasteiger partial charge in [0, 0.05) is 24.9 Å². The number of hydrogen-bond donors (Lipinski definition) is 3. The zero-order valence-electron chi connectivity index (χ0n) is 14.1. The maximum absolute atomic E-state index is 12.1. The SMILES string of the molecule is COCCNC(=O)c1cccc(NC(=O)CNc2cccc(Cl)c2Cl)c1. The van der Waals surface area contributed by atoms with E-state index in [0.29, 0.717) is 40.1 Å². The minimum atomic E-state index is -0.280. The summed E-state index contributed by atoms with van der Waals surface area (Å²) in [5.41, 5.74) is 1.54. The van der Waals surface area contributed by atoms with Gasteiger partial charge < -0.3 is 20.7 Å². The molecule has 0 saturated heterocycles. The molecule has 138 valence electrons. The quantitative estimate of drug-likeness (QED) is 0.598. The average molecular weight is 396 g/mol. The third-order valence-corrected chi connectivity index (χ3v) is 4.21. The molecule has 2 amide bonds. The van der Waals surface area contributed by atoms with Gasteiger partial charge in [0.15, 0.2) is 0 Å². The summed E-state index contributed by atoms with van der Waals surface area (Å²) >= 11 is 12.0. The first kappa shape index (κ1) is 20.0. The Hall–Kier alpha value is -2.28. The molecule has 2 aromatic carbocycles. The molecule has 0 aliphatic rings. The van der Waals surface area contributed by atoms with Crippen molar-refractivity contribution < 1.29 is 14.3 Å². The number of amides is 2. The second-order valence-electron chi connectivity index (χ2n) is 5.33. The van der Waals surface area contributed by atoms with Gasteiger partial charge >= 0.3 is 0 Å². The van der Waals surface area contributed by atoms with Crippen molar-refractivity contribution in [1.82, 2.24) is 5.32 Å². The molecule has 0 unspecified atom stereocenters. The molecule has 0 aromatic heterocycles. The van der Waals surface area contributed by atoms with Crippen molar-refractivity contribution in [3.8, 4) is 0 Å². The zero-order chi connectivity index (χ0) is 18.9. The first-order chi connectivity index (χ1) is 12.5. The van der Waals surface area contributed by atoms with Crippen LogP contribution in [-0.2, 0) is 9.53 Å². The largest absolute Gasteiger partial charge is 0.383 e. The molecule has 0 atom stereocenters. The van der Waals surface area contributed by atoms with Crippen molar-refractivity contribution in [2.75, 3.05) is 37.4 Å². The summed E-state index contributed by atoms with van der Waals surface area (Å²) in [6.07, 6.45) is 0. The van der Waals surface area contributed by atoms with Gasteiger partial charge in [0.05, 0.1) is 28.9 Å². The van der Waals surface area contributed by atoms with Crippen LogP contribution in [0.2, 0.25) is 10.0 Å². The van der Waals surface area contributed by atoms with E-state index in [0.717, 1.165) is 0 Å². The lowest BCUT2D eigenvalue weighted by Crippen LogP contribution is -2.27. The van der Waals surface area contributed by atoms with Crippen molar-refractivity contribution >= 4 is 46.4 Å². The first-order valence-corrected chi connectivity index (χ1v) is 8.62. The Morgan fingerprint density at radius 2 is 1.88 bits per heavy atom. The van der Waals surface area contributed by atoms with E-state index in [1.807, 2.05) is 0 Å². The van der Waals surface area contributed by atoms with Gasteiger partial charge in [0.25, 0.3) is 5.91 Å². The second kappa shape index (κ2) is 10.0. The summed E-state index contributed by atoms with van der Waals surface area (Å²) in [4.78, 5) is 24.1. The molecule has 6 nitrogen and oxygen atoms in total. The highest BCUT2D eigenvalue weighted by atomic mass is 35.5. The van der Waals surface area contributed by atoms with Crippen molar-refractivity contribution in [2.24, 2.45) is 0 Å². The fourth-order valence-electron chi connectivity index (χ4n) is 2.13. The minimum Gasteiger partial charge on any atom is -0.383 e. The van der Waals surface area contributed by atoms with Crippen LogP contribution in [0.25, 0.3) is 0 Å². The number of ether oxygens (including phenoxy) is 1. The van der Waals surface area contributed by atoms with Crippen LogP contribution >= 0.6 is 23.2 Å². The van der Waals surface area contributed by atoms with E-state index in [9.17, 15) is 9.59 Å². The van der Waals surface area contributed by atoms with Crippen LogP contribution in [0.3, 0.4) is 0 Å². The molecule has 8 heteroatoms. The average Bonchev–Trinajstić information content (AvgIpc) is 2.63. The number of hydrogen-bond acceptors (Lipinski definition) is 4. The Labute approximate surface area is 161 Å². The van der Waals surface area contributed by atoms with Gasteiger partial charge in [-0.3, -0.25) is 9.59 Å². The molecular weight excluding hydrogens is 377 g/mol. The van der Waals surface area contributed by atoms with E-state index in [1.54, 1.807) is 49.6 Å². The van der Waals surface area contributed by atoms with E-state index in [4.69, 9.17) is 27.9 Å². The van der Waals surface area contributed by atoms with Crippen LogP contribution in [0.1, 0.15) is 10.4 Å². The van der Waals surface area contributed by atoms with E-state index in [2.05, 4.69) is 16.0 Å². The summed E-state index contributed by atoms with van der Waals surface area (Å²) in [5.74, 6) is -0.514. The van der Waals surface area contributed by atoms with Crippen LogP contribution in [0, 0.1) is 0 Å². The van der Waals surface area contributed by atoms with Crippen molar-refractivity contribution in [3.05, 3.63) is 58.1 Å².